The van der Waals surface area contributed by atoms with Crippen LogP contribution in [0.2, 0.25) is 0 Å². The van der Waals surface area contributed by atoms with Crippen molar-refractivity contribution in [2.24, 2.45) is 0 Å². The molecule has 94 valence electrons. The first-order chi connectivity index (χ1) is 8.00. The lowest BCUT2D eigenvalue weighted by molar-refractivity contribution is 0.415. The van der Waals surface area contributed by atoms with Gasteiger partial charge < -0.3 is 10.1 Å². The first-order valence-corrected chi connectivity index (χ1v) is 7.44. The molecule has 2 rings (SSSR count). The second-order valence-corrected chi connectivity index (χ2v) is 6.65. The number of nitrogens with one attached hydrogen (secondary N) is 1. The molecule has 0 radical (unpaired) electrons. The Labute approximate surface area is 102 Å². The molecule has 1 unspecified atom stereocenters. The van der Waals surface area contributed by atoms with Crippen LogP contribution in [0.1, 0.15) is 12.0 Å². The summed E-state index contributed by atoms with van der Waals surface area (Å²) in [5.41, 5.74) is 2.04. The van der Waals surface area contributed by atoms with E-state index in [1.807, 2.05) is 25.1 Å². The molecule has 1 aromatic rings. The smallest absolute Gasteiger partial charge is 0.152 e. The summed E-state index contributed by atoms with van der Waals surface area (Å²) in [6.07, 6.45) is 0.680. The molecule has 0 aliphatic carbocycles. The van der Waals surface area contributed by atoms with Crippen LogP contribution in [-0.2, 0) is 9.84 Å². The van der Waals surface area contributed by atoms with Crippen molar-refractivity contribution >= 4 is 15.5 Å². The number of hydrogen-bond acceptors (Lipinski definition) is 4. The van der Waals surface area contributed by atoms with E-state index in [1.54, 1.807) is 7.11 Å². The average Bonchev–Trinajstić information content (AvgIpc) is 2.61. The fraction of sp³-hybridized carbons (Fsp3) is 0.500. The van der Waals surface area contributed by atoms with Gasteiger partial charge in [0.25, 0.3) is 0 Å². The van der Waals surface area contributed by atoms with Crippen LogP contribution in [0.25, 0.3) is 0 Å². The number of ether oxygens (including phenoxy) is 1. The summed E-state index contributed by atoms with van der Waals surface area (Å²) in [6.45, 7) is 1.99. The summed E-state index contributed by atoms with van der Waals surface area (Å²) < 4.78 is 27.9. The van der Waals surface area contributed by atoms with Gasteiger partial charge in [-0.15, -0.1) is 0 Å². The topological polar surface area (TPSA) is 55.4 Å². The first-order valence-electron chi connectivity index (χ1n) is 5.62. The van der Waals surface area contributed by atoms with Gasteiger partial charge in [-0.1, -0.05) is 6.07 Å². The lowest BCUT2D eigenvalue weighted by Gasteiger charge is -2.15. The number of benzene rings is 1. The number of sulfone groups is 1. The van der Waals surface area contributed by atoms with E-state index in [1.165, 1.54) is 0 Å². The summed E-state index contributed by atoms with van der Waals surface area (Å²) in [4.78, 5) is 0. The highest BCUT2D eigenvalue weighted by atomic mass is 32.2. The van der Waals surface area contributed by atoms with Gasteiger partial charge in [-0.2, -0.15) is 0 Å². The van der Waals surface area contributed by atoms with Crippen molar-refractivity contribution in [1.82, 2.24) is 0 Å². The SMILES string of the molecule is COc1ccc(C)c(NC2CCS(=O)(=O)C2)c1. The summed E-state index contributed by atoms with van der Waals surface area (Å²) in [6, 6.07) is 5.78. The third-order valence-electron chi connectivity index (χ3n) is 3.04. The van der Waals surface area contributed by atoms with Crippen LogP contribution in [0, 0.1) is 6.92 Å². The maximum absolute atomic E-state index is 11.4. The van der Waals surface area contributed by atoms with Gasteiger partial charge in [0, 0.05) is 17.8 Å². The van der Waals surface area contributed by atoms with E-state index in [0.717, 1.165) is 17.0 Å². The molecule has 1 aromatic carbocycles. The van der Waals surface area contributed by atoms with Crippen molar-refractivity contribution in [3.63, 3.8) is 0 Å². The fourth-order valence-corrected chi connectivity index (χ4v) is 3.69. The van der Waals surface area contributed by atoms with Gasteiger partial charge in [0.05, 0.1) is 18.6 Å². The van der Waals surface area contributed by atoms with Gasteiger partial charge in [0.1, 0.15) is 5.75 Å². The highest BCUT2D eigenvalue weighted by Crippen LogP contribution is 2.24. The third kappa shape index (κ3) is 2.91. The van der Waals surface area contributed by atoms with Crippen molar-refractivity contribution in [1.29, 1.82) is 0 Å². The monoisotopic (exact) mass is 255 g/mol. The Morgan fingerprint density at radius 1 is 1.41 bits per heavy atom. The van der Waals surface area contributed by atoms with Crippen molar-refractivity contribution in [2.75, 3.05) is 23.9 Å². The minimum Gasteiger partial charge on any atom is -0.497 e. The molecule has 1 atom stereocenters. The van der Waals surface area contributed by atoms with Gasteiger partial charge in [0.15, 0.2) is 9.84 Å². The van der Waals surface area contributed by atoms with Crippen LogP contribution in [0.3, 0.4) is 0 Å². The van der Waals surface area contributed by atoms with Crippen molar-refractivity contribution in [3.05, 3.63) is 23.8 Å². The van der Waals surface area contributed by atoms with Crippen LogP contribution in [-0.4, -0.2) is 33.1 Å². The number of rotatable bonds is 3. The minimum absolute atomic E-state index is 0.0193. The Kier molecular flexibility index (Phi) is 3.28. The molecule has 1 aliphatic heterocycles. The molecule has 1 aliphatic rings. The predicted molar refractivity (Wildman–Crippen MR) is 68.4 cm³/mol. The number of methoxy groups -OCH3 is 1. The quantitative estimate of drug-likeness (QED) is 0.891. The summed E-state index contributed by atoms with van der Waals surface area (Å²) in [5, 5.41) is 3.28. The number of hydrogen-bond donors (Lipinski definition) is 1. The zero-order valence-electron chi connectivity index (χ0n) is 10.1. The summed E-state index contributed by atoms with van der Waals surface area (Å²) >= 11 is 0. The molecule has 0 bridgehead atoms. The van der Waals surface area contributed by atoms with Crippen LogP contribution in [0.5, 0.6) is 5.75 Å². The van der Waals surface area contributed by atoms with Gasteiger partial charge in [-0.25, -0.2) is 8.42 Å². The van der Waals surface area contributed by atoms with Crippen LogP contribution in [0.15, 0.2) is 18.2 Å². The molecule has 1 fully saturated rings. The van der Waals surface area contributed by atoms with Crippen LogP contribution in [0.4, 0.5) is 5.69 Å². The van der Waals surface area contributed by atoms with E-state index in [4.69, 9.17) is 4.74 Å². The largest absolute Gasteiger partial charge is 0.497 e. The zero-order valence-corrected chi connectivity index (χ0v) is 10.9. The Hall–Kier alpha value is -1.23. The highest BCUT2D eigenvalue weighted by Gasteiger charge is 2.27. The molecule has 5 heteroatoms. The highest BCUT2D eigenvalue weighted by molar-refractivity contribution is 7.91. The van der Waals surface area contributed by atoms with E-state index in [0.29, 0.717) is 6.42 Å². The molecule has 1 heterocycles. The van der Waals surface area contributed by atoms with E-state index >= 15 is 0 Å². The number of aryl methyl sites for hydroxylation is 1. The number of anilines is 1. The minimum atomic E-state index is -2.84. The Morgan fingerprint density at radius 3 is 2.76 bits per heavy atom. The summed E-state index contributed by atoms with van der Waals surface area (Å²) in [5.74, 6) is 1.29. The molecular formula is C12H17NO3S. The van der Waals surface area contributed by atoms with Gasteiger partial charge in [-0.3, -0.25) is 0 Å². The molecule has 1 saturated heterocycles. The molecule has 0 saturated carbocycles. The first kappa shape index (κ1) is 12.2. The van der Waals surface area contributed by atoms with Crippen molar-refractivity contribution in [3.8, 4) is 5.75 Å². The zero-order chi connectivity index (χ0) is 12.5. The van der Waals surface area contributed by atoms with E-state index < -0.39 is 9.84 Å². The fourth-order valence-electron chi connectivity index (χ4n) is 2.01. The van der Waals surface area contributed by atoms with E-state index in [-0.39, 0.29) is 17.5 Å². The van der Waals surface area contributed by atoms with E-state index in [9.17, 15) is 8.42 Å². The Bertz CT molecular complexity index is 510. The Balaban J connectivity index is 2.13. The third-order valence-corrected chi connectivity index (χ3v) is 4.80. The molecule has 0 aromatic heterocycles. The lowest BCUT2D eigenvalue weighted by atomic mass is 10.1. The van der Waals surface area contributed by atoms with Crippen molar-refractivity contribution < 1.29 is 13.2 Å². The summed E-state index contributed by atoms with van der Waals surface area (Å²) in [7, 11) is -1.22. The molecule has 4 nitrogen and oxygen atoms in total. The molecule has 0 spiro atoms. The van der Waals surface area contributed by atoms with Gasteiger partial charge in [0.2, 0.25) is 0 Å². The normalized spacial score (nSPS) is 22.4. The second kappa shape index (κ2) is 4.56. The van der Waals surface area contributed by atoms with Crippen molar-refractivity contribution in [2.45, 2.75) is 19.4 Å². The van der Waals surface area contributed by atoms with Gasteiger partial charge >= 0.3 is 0 Å². The van der Waals surface area contributed by atoms with Crippen LogP contribution < -0.4 is 10.1 Å². The maximum Gasteiger partial charge on any atom is 0.152 e. The lowest BCUT2D eigenvalue weighted by Crippen LogP contribution is -2.21. The van der Waals surface area contributed by atoms with E-state index in [2.05, 4.69) is 5.32 Å². The molecule has 17 heavy (non-hydrogen) atoms. The molecule has 1 N–H and O–H groups in total. The molecule has 0 amide bonds. The van der Waals surface area contributed by atoms with Gasteiger partial charge in [-0.05, 0) is 25.0 Å². The average molecular weight is 255 g/mol. The maximum atomic E-state index is 11.4. The predicted octanol–water partition coefficient (Wildman–Crippen LogP) is 1.60. The Morgan fingerprint density at radius 2 is 2.18 bits per heavy atom. The van der Waals surface area contributed by atoms with Crippen LogP contribution >= 0.6 is 0 Å². The second-order valence-electron chi connectivity index (χ2n) is 4.43. The molecular weight excluding hydrogens is 238 g/mol. The standard InChI is InChI=1S/C12H17NO3S/c1-9-3-4-11(16-2)7-12(9)13-10-5-6-17(14,15)8-10/h3-4,7,10,13H,5-6,8H2,1-2H3.